The maximum atomic E-state index is 12.4. The molecule has 0 saturated heterocycles. The molecule has 0 spiro atoms. The lowest BCUT2D eigenvalue weighted by atomic mass is 10.1. The molecule has 0 fully saturated rings. The van der Waals surface area contributed by atoms with Crippen molar-refractivity contribution in [3.8, 4) is 0 Å². The maximum Gasteiger partial charge on any atom is 0.323 e. The van der Waals surface area contributed by atoms with Crippen molar-refractivity contribution in [2.24, 2.45) is 0 Å². The second-order valence-corrected chi connectivity index (χ2v) is 6.37. The molecule has 0 radical (unpaired) electrons. The number of aryl methyl sites for hydroxylation is 1. The summed E-state index contributed by atoms with van der Waals surface area (Å²) < 4.78 is 0. The Morgan fingerprint density at radius 1 is 0.778 bits per heavy atom. The normalized spacial score (nSPS) is 10.1. The zero-order valence-corrected chi connectivity index (χ0v) is 15.4. The fraction of sp³-hybridized carbons (Fsp3) is 0.0476. The Hall–Kier alpha value is -3.31. The van der Waals surface area contributed by atoms with E-state index in [0.29, 0.717) is 27.6 Å². The van der Waals surface area contributed by atoms with Crippen LogP contribution in [0.15, 0.2) is 72.8 Å². The van der Waals surface area contributed by atoms with Crippen LogP contribution in [-0.4, -0.2) is 11.9 Å². The smallest absolute Gasteiger partial charge is 0.321 e. The summed E-state index contributed by atoms with van der Waals surface area (Å²) in [6, 6.07) is 20.8. The summed E-state index contributed by atoms with van der Waals surface area (Å²) in [7, 11) is 0. The molecule has 3 rings (SSSR count). The third-order valence-corrected chi connectivity index (χ3v) is 4.12. The SMILES string of the molecule is Cc1ccc(NC(=O)c2ccc(NC(=O)Nc3ccccc3)cc2)c(Cl)c1. The molecule has 136 valence electrons. The van der Waals surface area contributed by atoms with Gasteiger partial charge in [0, 0.05) is 16.9 Å². The van der Waals surface area contributed by atoms with E-state index in [1.54, 1.807) is 48.5 Å². The van der Waals surface area contributed by atoms with Crippen molar-refractivity contribution in [2.45, 2.75) is 6.92 Å². The van der Waals surface area contributed by atoms with E-state index in [9.17, 15) is 9.59 Å². The van der Waals surface area contributed by atoms with Gasteiger partial charge in [-0.1, -0.05) is 35.9 Å². The van der Waals surface area contributed by atoms with E-state index in [4.69, 9.17) is 11.6 Å². The molecule has 0 aliphatic carbocycles. The van der Waals surface area contributed by atoms with Gasteiger partial charge in [0.15, 0.2) is 0 Å². The minimum absolute atomic E-state index is 0.277. The van der Waals surface area contributed by atoms with E-state index < -0.39 is 0 Å². The number of amides is 3. The van der Waals surface area contributed by atoms with Gasteiger partial charge in [0.1, 0.15) is 0 Å². The van der Waals surface area contributed by atoms with Gasteiger partial charge in [0.25, 0.3) is 5.91 Å². The van der Waals surface area contributed by atoms with Gasteiger partial charge in [-0.05, 0) is 61.0 Å². The van der Waals surface area contributed by atoms with Crippen LogP contribution in [0.4, 0.5) is 21.9 Å². The van der Waals surface area contributed by atoms with Gasteiger partial charge < -0.3 is 16.0 Å². The van der Waals surface area contributed by atoms with Crippen molar-refractivity contribution in [1.82, 2.24) is 0 Å². The molecule has 3 aromatic rings. The van der Waals surface area contributed by atoms with Crippen LogP contribution in [0.2, 0.25) is 5.02 Å². The number of halogens is 1. The molecular formula is C21H18ClN3O2. The van der Waals surface area contributed by atoms with Crippen LogP contribution in [-0.2, 0) is 0 Å². The fourth-order valence-corrected chi connectivity index (χ4v) is 2.72. The van der Waals surface area contributed by atoms with Gasteiger partial charge in [0.2, 0.25) is 0 Å². The molecule has 3 aromatic carbocycles. The highest BCUT2D eigenvalue weighted by Crippen LogP contribution is 2.23. The third kappa shape index (κ3) is 5.09. The van der Waals surface area contributed by atoms with E-state index in [-0.39, 0.29) is 11.9 Å². The number of carbonyl (C=O) groups is 2. The molecule has 0 bridgehead atoms. The highest BCUT2D eigenvalue weighted by Gasteiger charge is 2.09. The minimum Gasteiger partial charge on any atom is -0.321 e. The maximum absolute atomic E-state index is 12.4. The Bertz CT molecular complexity index is 957. The zero-order chi connectivity index (χ0) is 19.2. The molecule has 0 aliphatic heterocycles. The summed E-state index contributed by atoms with van der Waals surface area (Å²) in [4.78, 5) is 24.3. The highest BCUT2D eigenvalue weighted by molar-refractivity contribution is 6.34. The number of para-hydroxylation sites is 1. The monoisotopic (exact) mass is 379 g/mol. The van der Waals surface area contributed by atoms with Crippen molar-refractivity contribution in [3.05, 3.63) is 88.9 Å². The van der Waals surface area contributed by atoms with Gasteiger partial charge in [-0.25, -0.2) is 4.79 Å². The zero-order valence-electron chi connectivity index (χ0n) is 14.6. The van der Waals surface area contributed by atoms with Gasteiger partial charge >= 0.3 is 6.03 Å². The van der Waals surface area contributed by atoms with Crippen LogP contribution in [0, 0.1) is 6.92 Å². The second-order valence-electron chi connectivity index (χ2n) is 5.96. The van der Waals surface area contributed by atoms with Gasteiger partial charge in [-0.2, -0.15) is 0 Å². The number of carbonyl (C=O) groups excluding carboxylic acids is 2. The van der Waals surface area contributed by atoms with Crippen LogP contribution in [0.3, 0.4) is 0 Å². The van der Waals surface area contributed by atoms with Crippen molar-refractivity contribution in [1.29, 1.82) is 0 Å². The number of anilines is 3. The van der Waals surface area contributed by atoms with E-state index in [2.05, 4.69) is 16.0 Å². The number of hydrogen-bond donors (Lipinski definition) is 3. The van der Waals surface area contributed by atoms with Gasteiger partial charge in [-0.3, -0.25) is 4.79 Å². The summed E-state index contributed by atoms with van der Waals surface area (Å²) >= 11 is 6.14. The van der Waals surface area contributed by atoms with Crippen molar-refractivity contribution < 1.29 is 9.59 Å². The summed E-state index contributed by atoms with van der Waals surface area (Å²) in [5.74, 6) is -0.277. The number of nitrogens with one attached hydrogen (secondary N) is 3. The first kappa shape index (κ1) is 18.5. The standard InChI is InChI=1S/C21H18ClN3O2/c1-14-7-12-19(18(22)13-14)25-20(26)15-8-10-17(11-9-15)24-21(27)23-16-5-3-2-4-6-16/h2-13H,1H3,(H,25,26)(H2,23,24,27). The Morgan fingerprint density at radius 2 is 1.41 bits per heavy atom. The van der Waals surface area contributed by atoms with Crippen LogP contribution in [0.5, 0.6) is 0 Å². The first-order valence-corrected chi connectivity index (χ1v) is 8.70. The summed E-state index contributed by atoms with van der Waals surface area (Å²) in [6.45, 7) is 1.93. The lowest BCUT2D eigenvalue weighted by Gasteiger charge is -2.10. The summed E-state index contributed by atoms with van der Waals surface area (Å²) in [6.07, 6.45) is 0. The molecule has 0 aliphatic rings. The molecule has 0 saturated carbocycles. The summed E-state index contributed by atoms with van der Waals surface area (Å²) in [5.41, 5.74) is 3.30. The van der Waals surface area contributed by atoms with Crippen molar-refractivity contribution >= 4 is 40.6 Å². The molecule has 0 atom stereocenters. The highest BCUT2D eigenvalue weighted by atomic mass is 35.5. The fourth-order valence-electron chi connectivity index (χ4n) is 2.44. The van der Waals surface area contributed by atoms with Gasteiger partial charge in [0.05, 0.1) is 10.7 Å². The minimum atomic E-state index is -0.357. The van der Waals surface area contributed by atoms with Crippen LogP contribution < -0.4 is 16.0 Å². The molecule has 3 amide bonds. The topological polar surface area (TPSA) is 70.2 Å². The predicted molar refractivity (Wildman–Crippen MR) is 110 cm³/mol. The quantitative estimate of drug-likeness (QED) is 0.556. The predicted octanol–water partition coefficient (Wildman–Crippen LogP) is 5.54. The molecule has 27 heavy (non-hydrogen) atoms. The van der Waals surface area contributed by atoms with E-state index >= 15 is 0 Å². The molecule has 0 aromatic heterocycles. The molecule has 6 heteroatoms. The van der Waals surface area contributed by atoms with Crippen molar-refractivity contribution in [2.75, 3.05) is 16.0 Å². The number of rotatable bonds is 4. The Balaban J connectivity index is 1.61. The average molecular weight is 380 g/mol. The second kappa shape index (κ2) is 8.38. The van der Waals surface area contributed by atoms with Crippen molar-refractivity contribution in [3.63, 3.8) is 0 Å². The lowest BCUT2D eigenvalue weighted by Crippen LogP contribution is -2.19. The van der Waals surface area contributed by atoms with E-state index in [1.807, 2.05) is 31.2 Å². The molecule has 3 N–H and O–H groups in total. The number of benzene rings is 3. The van der Waals surface area contributed by atoms with E-state index in [1.165, 1.54) is 0 Å². The summed E-state index contributed by atoms with van der Waals surface area (Å²) in [5, 5.41) is 8.71. The Kier molecular flexibility index (Phi) is 5.74. The first-order valence-electron chi connectivity index (χ1n) is 8.32. The number of hydrogen-bond acceptors (Lipinski definition) is 2. The number of urea groups is 1. The van der Waals surface area contributed by atoms with E-state index in [0.717, 1.165) is 5.56 Å². The van der Waals surface area contributed by atoms with Crippen LogP contribution in [0.1, 0.15) is 15.9 Å². The molecular weight excluding hydrogens is 362 g/mol. The Morgan fingerprint density at radius 3 is 2.04 bits per heavy atom. The molecule has 0 heterocycles. The first-order chi connectivity index (χ1) is 13.0. The molecule has 0 unspecified atom stereocenters. The van der Waals surface area contributed by atoms with Gasteiger partial charge in [-0.15, -0.1) is 0 Å². The molecule has 5 nitrogen and oxygen atoms in total. The Labute approximate surface area is 162 Å². The largest absolute Gasteiger partial charge is 0.323 e. The van der Waals surface area contributed by atoms with Crippen LogP contribution in [0.25, 0.3) is 0 Å². The lowest BCUT2D eigenvalue weighted by molar-refractivity contribution is 0.102. The third-order valence-electron chi connectivity index (χ3n) is 3.81. The van der Waals surface area contributed by atoms with Crippen LogP contribution >= 0.6 is 11.6 Å². The average Bonchev–Trinajstić information content (AvgIpc) is 2.65.